The van der Waals surface area contributed by atoms with Gasteiger partial charge in [0.2, 0.25) is 0 Å². The van der Waals surface area contributed by atoms with Crippen LogP contribution >= 0.6 is 0 Å². The number of carbonyl (C=O) groups excluding carboxylic acids is 1. The number of hydrogen-bond acceptors (Lipinski definition) is 3. The summed E-state index contributed by atoms with van der Waals surface area (Å²) in [6.07, 6.45) is 6.52. The highest BCUT2D eigenvalue weighted by molar-refractivity contribution is 5.76. The number of amides is 2. The van der Waals surface area contributed by atoms with Crippen molar-refractivity contribution in [1.29, 1.82) is 0 Å². The van der Waals surface area contributed by atoms with Gasteiger partial charge in [0.15, 0.2) is 0 Å². The molecule has 1 aliphatic heterocycles. The number of carboxylic acids is 1. The van der Waals surface area contributed by atoms with Crippen molar-refractivity contribution in [1.82, 2.24) is 15.1 Å². The number of rotatable bonds is 3. The SMILES string of the molecule is O=C(O)C1C=CC(NC(=O)N2CCN(C3CC3)CC2)C1. The van der Waals surface area contributed by atoms with Gasteiger partial charge in [0.1, 0.15) is 0 Å². The predicted molar refractivity (Wildman–Crippen MR) is 73.4 cm³/mol. The number of hydrogen-bond donors (Lipinski definition) is 2. The van der Waals surface area contributed by atoms with Gasteiger partial charge in [-0.1, -0.05) is 12.2 Å². The zero-order valence-electron chi connectivity index (χ0n) is 11.5. The Balaban J connectivity index is 1.43. The molecule has 0 aromatic carbocycles. The second kappa shape index (κ2) is 5.44. The summed E-state index contributed by atoms with van der Waals surface area (Å²) in [5.74, 6) is -1.29. The van der Waals surface area contributed by atoms with Crippen LogP contribution in [0.1, 0.15) is 19.3 Å². The Labute approximate surface area is 118 Å². The molecule has 1 saturated heterocycles. The molecule has 1 saturated carbocycles. The van der Waals surface area contributed by atoms with E-state index in [0.717, 1.165) is 32.2 Å². The van der Waals surface area contributed by atoms with Crippen LogP contribution in [0.3, 0.4) is 0 Å². The number of urea groups is 1. The normalized spacial score (nSPS) is 30.5. The maximum atomic E-state index is 12.1. The van der Waals surface area contributed by atoms with E-state index in [-0.39, 0.29) is 12.1 Å². The number of piperazine rings is 1. The average Bonchev–Trinajstić information content (AvgIpc) is 3.19. The van der Waals surface area contributed by atoms with Crippen molar-refractivity contribution in [2.45, 2.75) is 31.3 Å². The van der Waals surface area contributed by atoms with Gasteiger partial charge >= 0.3 is 12.0 Å². The molecular formula is C14H21N3O3. The number of nitrogens with one attached hydrogen (secondary N) is 1. The second-order valence-electron chi connectivity index (χ2n) is 5.88. The number of nitrogens with zero attached hydrogens (tertiary/aromatic N) is 2. The molecule has 20 heavy (non-hydrogen) atoms. The van der Waals surface area contributed by atoms with Gasteiger partial charge in [-0.05, 0) is 19.3 Å². The van der Waals surface area contributed by atoms with Gasteiger partial charge < -0.3 is 15.3 Å². The lowest BCUT2D eigenvalue weighted by molar-refractivity contribution is -0.140. The quantitative estimate of drug-likeness (QED) is 0.738. The lowest BCUT2D eigenvalue weighted by atomic mass is 10.1. The topological polar surface area (TPSA) is 72.9 Å². The van der Waals surface area contributed by atoms with E-state index in [0.29, 0.717) is 6.42 Å². The van der Waals surface area contributed by atoms with E-state index in [1.165, 1.54) is 12.8 Å². The molecule has 6 heteroatoms. The fourth-order valence-electron chi connectivity index (χ4n) is 2.97. The van der Waals surface area contributed by atoms with Gasteiger partial charge in [-0.2, -0.15) is 0 Å². The van der Waals surface area contributed by atoms with Gasteiger partial charge in [0.05, 0.1) is 12.0 Å². The van der Waals surface area contributed by atoms with E-state index in [4.69, 9.17) is 5.11 Å². The second-order valence-corrected chi connectivity index (χ2v) is 5.88. The molecule has 2 amide bonds. The molecule has 0 aromatic rings. The lowest BCUT2D eigenvalue weighted by Gasteiger charge is -2.35. The van der Waals surface area contributed by atoms with Crippen LogP contribution in [-0.2, 0) is 4.79 Å². The average molecular weight is 279 g/mol. The Morgan fingerprint density at radius 1 is 1.10 bits per heavy atom. The first-order chi connectivity index (χ1) is 9.63. The summed E-state index contributed by atoms with van der Waals surface area (Å²) in [5.41, 5.74) is 0. The van der Waals surface area contributed by atoms with Crippen LogP contribution in [0.25, 0.3) is 0 Å². The fourth-order valence-corrected chi connectivity index (χ4v) is 2.97. The molecule has 2 aliphatic carbocycles. The fraction of sp³-hybridized carbons (Fsp3) is 0.714. The van der Waals surface area contributed by atoms with Crippen molar-refractivity contribution in [3.05, 3.63) is 12.2 Å². The first-order valence-electron chi connectivity index (χ1n) is 7.34. The summed E-state index contributed by atoms with van der Waals surface area (Å²) >= 11 is 0. The van der Waals surface area contributed by atoms with Crippen LogP contribution in [0, 0.1) is 5.92 Å². The molecular weight excluding hydrogens is 258 g/mol. The summed E-state index contributed by atoms with van der Waals surface area (Å²) in [7, 11) is 0. The minimum Gasteiger partial charge on any atom is -0.481 e. The molecule has 0 bridgehead atoms. The van der Waals surface area contributed by atoms with E-state index in [1.807, 2.05) is 4.90 Å². The molecule has 2 atom stereocenters. The molecule has 6 nitrogen and oxygen atoms in total. The highest BCUT2D eigenvalue weighted by atomic mass is 16.4. The van der Waals surface area contributed by atoms with Gasteiger partial charge in [-0.25, -0.2) is 4.79 Å². The molecule has 0 spiro atoms. The summed E-state index contributed by atoms with van der Waals surface area (Å²) in [6, 6.07) is 0.542. The maximum absolute atomic E-state index is 12.1. The van der Waals surface area contributed by atoms with Crippen LogP contribution in [0.4, 0.5) is 4.79 Å². The molecule has 0 aromatic heterocycles. The van der Waals surface area contributed by atoms with Crippen LogP contribution in [-0.4, -0.2) is 65.2 Å². The van der Waals surface area contributed by atoms with Gasteiger partial charge in [-0.3, -0.25) is 9.69 Å². The van der Waals surface area contributed by atoms with E-state index < -0.39 is 11.9 Å². The van der Waals surface area contributed by atoms with Gasteiger partial charge in [0, 0.05) is 32.2 Å². The van der Waals surface area contributed by atoms with Crippen molar-refractivity contribution in [2.75, 3.05) is 26.2 Å². The number of aliphatic carboxylic acids is 1. The Bertz CT molecular complexity index is 425. The monoisotopic (exact) mass is 279 g/mol. The lowest BCUT2D eigenvalue weighted by Crippen LogP contribution is -2.53. The molecule has 0 radical (unpaired) electrons. The minimum atomic E-state index is -0.823. The van der Waals surface area contributed by atoms with E-state index >= 15 is 0 Å². The van der Waals surface area contributed by atoms with Crippen molar-refractivity contribution < 1.29 is 14.7 Å². The predicted octanol–water partition coefficient (Wildman–Crippen LogP) is 0.505. The largest absolute Gasteiger partial charge is 0.481 e. The Morgan fingerprint density at radius 2 is 1.80 bits per heavy atom. The molecule has 1 heterocycles. The molecule has 2 N–H and O–H groups in total. The summed E-state index contributed by atoms with van der Waals surface area (Å²) in [6.45, 7) is 3.44. The third kappa shape index (κ3) is 2.95. The Hall–Kier alpha value is -1.56. The number of carboxylic acid groups (broad SMARTS) is 1. The molecule has 3 aliphatic rings. The van der Waals surface area contributed by atoms with Crippen molar-refractivity contribution in [3.8, 4) is 0 Å². The van der Waals surface area contributed by atoms with Crippen LogP contribution in [0.5, 0.6) is 0 Å². The summed E-state index contributed by atoms with van der Waals surface area (Å²) in [4.78, 5) is 27.3. The third-order valence-electron chi connectivity index (χ3n) is 4.37. The third-order valence-corrected chi connectivity index (χ3v) is 4.37. The van der Waals surface area contributed by atoms with E-state index in [9.17, 15) is 9.59 Å². The molecule has 3 rings (SSSR count). The first-order valence-corrected chi connectivity index (χ1v) is 7.34. The van der Waals surface area contributed by atoms with Crippen LogP contribution < -0.4 is 5.32 Å². The van der Waals surface area contributed by atoms with Crippen molar-refractivity contribution in [3.63, 3.8) is 0 Å². The van der Waals surface area contributed by atoms with Gasteiger partial charge in [-0.15, -0.1) is 0 Å². The first kappa shape index (κ1) is 13.4. The Kier molecular flexibility index (Phi) is 3.65. The van der Waals surface area contributed by atoms with Crippen LogP contribution in [0.2, 0.25) is 0 Å². The van der Waals surface area contributed by atoms with Crippen LogP contribution in [0.15, 0.2) is 12.2 Å². The highest BCUT2D eigenvalue weighted by Gasteiger charge is 2.33. The van der Waals surface area contributed by atoms with E-state index in [1.54, 1.807) is 12.2 Å². The summed E-state index contributed by atoms with van der Waals surface area (Å²) in [5, 5.41) is 11.8. The van der Waals surface area contributed by atoms with Crippen molar-refractivity contribution in [2.24, 2.45) is 5.92 Å². The maximum Gasteiger partial charge on any atom is 0.317 e. The highest BCUT2D eigenvalue weighted by Crippen LogP contribution is 2.27. The zero-order valence-corrected chi connectivity index (χ0v) is 11.5. The molecule has 2 fully saturated rings. The minimum absolute atomic E-state index is 0.0684. The number of carbonyl (C=O) groups is 2. The van der Waals surface area contributed by atoms with Gasteiger partial charge in [0.25, 0.3) is 0 Å². The van der Waals surface area contributed by atoms with E-state index in [2.05, 4.69) is 10.2 Å². The standard InChI is InChI=1S/C14H21N3O3/c18-13(19)10-1-2-11(9-10)15-14(20)17-7-5-16(6-8-17)12-3-4-12/h1-2,10-12H,3-9H2,(H,15,20)(H,18,19). The van der Waals surface area contributed by atoms with Crippen molar-refractivity contribution >= 4 is 12.0 Å². The summed E-state index contributed by atoms with van der Waals surface area (Å²) < 4.78 is 0. The molecule has 110 valence electrons. The zero-order chi connectivity index (χ0) is 14.1. The smallest absolute Gasteiger partial charge is 0.317 e. The Morgan fingerprint density at radius 3 is 2.35 bits per heavy atom. The molecule has 2 unspecified atom stereocenters.